The Bertz CT molecular complexity index is 958. The maximum absolute atomic E-state index is 12.6. The average Bonchev–Trinajstić information content (AvgIpc) is 2.97. The molecule has 0 aliphatic carbocycles. The summed E-state index contributed by atoms with van der Waals surface area (Å²) in [7, 11) is 0. The van der Waals surface area contributed by atoms with Gasteiger partial charge in [0.15, 0.2) is 5.78 Å². The van der Waals surface area contributed by atoms with Gasteiger partial charge in [-0.2, -0.15) is 0 Å². The van der Waals surface area contributed by atoms with Crippen LogP contribution in [0.25, 0.3) is 0 Å². The number of benzene rings is 1. The summed E-state index contributed by atoms with van der Waals surface area (Å²) in [6.45, 7) is 4.84. The quantitative estimate of drug-likeness (QED) is 0.197. The molecule has 1 amide bonds. The van der Waals surface area contributed by atoms with E-state index in [0.717, 1.165) is 15.8 Å². The molecular weight excluding hydrogens is 539 g/mol. The highest BCUT2D eigenvalue weighted by molar-refractivity contribution is 9.10. The van der Waals surface area contributed by atoms with E-state index in [-0.39, 0.29) is 23.0 Å². The number of anilines is 1. The third-order valence-electron chi connectivity index (χ3n) is 3.93. The van der Waals surface area contributed by atoms with Gasteiger partial charge in [-0.15, -0.1) is 11.3 Å². The molecule has 162 valence electrons. The zero-order chi connectivity index (χ0) is 22.6. The van der Waals surface area contributed by atoms with Crippen LogP contribution in [0.1, 0.15) is 49.8 Å². The number of thiophene rings is 1. The zero-order valence-electron chi connectivity index (χ0n) is 16.1. The number of carbonyl (C=O) groups excluding carboxylic acids is 3. The molecule has 0 saturated carbocycles. The van der Waals surface area contributed by atoms with Crippen molar-refractivity contribution in [1.29, 1.82) is 0 Å². The minimum absolute atomic E-state index is 0.150. The number of hydrogen-bond acceptors (Lipinski definition) is 6. The fraction of sp³-hybridized carbons (Fsp3) is 0.316. The first-order chi connectivity index (χ1) is 14.0. The van der Waals surface area contributed by atoms with Crippen LogP contribution in [0.5, 0.6) is 0 Å². The number of rotatable bonds is 7. The molecule has 11 heteroatoms. The van der Waals surface area contributed by atoms with Crippen molar-refractivity contribution < 1.29 is 19.1 Å². The van der Waals surface area contributed by atoms with Crippen LogP contribution in [0.2, 0.25) is 0 Å². The molecule has 0 unspecified atom stereocenters. The lowest BCUT2D eigenvalue weighted by Crippen LogP contribution is -2.49. The normalized spacial score (nSPS) is 12.2. The molecule has 2 N–H and O–H groups in total. The van der Waals surface area contributed by atoms with Gasteiger partial charge in [0, 0.05) is 10.0 Å². The van der Waals surface area contributed by atoms with Gasteiger partial charge < -0.3 is 15.4 Å². The summed E-state index contributed by atoms with van der Waals surface area (Å²) < 4.78 is 3.94. The van der Waals surface area contributed by atoms with E-state index in [0.29, 0.717) is 16.0 Å². The second kappa shape index (κ2) is 10.3. The van der Waals surface area contributed by atoms with Crippen molar-refractivity contribution >= 4 is 84.7 Å². The third kappa shape index (κ3) is 6.11. The number of ketones is 1. The Morgan fingerprint density at radius 2 is 1.80 bits per heavy atom. The summed E-state index contributed by atoms with van der Waals surface area (Å²) >= 11 is 22.5. The molecule has 1 atom stereocenters. The van der Waals surface area contributed by atoms with Crippen LogP contribution in [-0.4, -0.2) is 34.2 Å². The topological polar surface area (TPSA) is 84.5 Å². The number of hydrogen-bond donors (Lipinski definition) is 2. The first kappa shape index (κ1) is 24.9. The van der Waals surface area contributed by atoms with E-state index < -0.39 is 21.8 Å². The predicted octanol–water partition coefficient (Wildman–Crippen LogP) is 5.74. The molecular formula is C19H18BrCl3N2O4S. The smallest absolute Gasteiger partial charge is 0.341 e. The Kier molecular flexibility index (Phi) is 8.59. The number of Topliss-reactive ketones (excluding diaryl/α,β-unsaturated/α-hetero) is 1. The minimum atomic E-state index is -1.97. The van der Waals surface area contributed by atoms with Crippen LogP contribution in [0.15, 0.2) is 28.7 Å². The molecule has 0 radical (unpaired) electrons. The summed E-state index contributed by atoms with van der Waals surface area (Å²) in [6, 6.07) is 6.60. The number of amides is 1. The van der Waals surface area contributed by atoms with E-state index in [1.54, 1.807) is 38.1 Å². The Morgan fingerprint density at radius 3 is 2.30 bits per heavy atom. The van der Waals surface area contributed by atoms with E-state index in [2.05, 4.69) is 26.6 Å². The molecule has 1 aromatic carbocycles. The molecule has 30 heavy (non-hydrogen) atoms. The molecule has 1 aromatic heterocycles. The van der Waals surface area contributed by atoms with Crippen molar-refractivity contribution in [3.63, 3.8) is 0 Å². The molecule has 2 aromatic rings. The molecule has 1 heterocycles. The number of esters is 1. The highest BCUT2D eigenvalue weighted by Gasteiger charge is 2.36. The van der Waals surface area contributed by atoms with Gasteiger partial charge in [0.25, 0.3) is 5.91 Å². The predicted molar refractivity (Wildman–Crippen MR) is 124 cm³/mol. The molecule has 0 bridgehead atoms. The van der Waals surface area contributed by atoms with Crippen molar-refractivity contribution in [3.8, 4) is 0 Å². The summed E-state index contributed by atoms with van der Waals surface area (Å²) in [5.41, 5.74) is 0.955. The van der Waals surface area contributed by atoms with Crippen LogP contribution in [0.3, 0.4) is 0 Å². The third-order valence-corrected chi connectivity index (χ3v) is 6.44. The lowest BCUT2D eigenvalue weighted by atomic mass is 10.1. The Morgan fingerprint density at radius 1 is 1.20 bits per heavy atom. The second-order valence-corrected chi connectivity index (χ2v) is 10.4. The van der Waals surface area contributed by atoms with Crippen molar-refractivity contribution in [2.24, 2.45) is 0 Å². The first-order valence-electron chi connectivity index (χ1n) is 8.66. The highest BCUT2D eigenvalue weighted by Crippen LogP contribution is 2.38. The number of carbonyl (C=O) groups is 3. The summed E-state index contributed by atoms with van der Waals surface area (Å²) in [6.07, 6.45) is -1.20. The maximum atomic E-state index is 12.6. The van der Waals surface area contributed by atoms with Crippen LogP contribution in [0, 0.1) is 6.92 Å². The highest BCUT2D eigenvalue weighted by atomic mass is 79.9. The van der Waals surface area contributed by atoms with Gasteiger partial charge in [-0.25, -0.2) is 4.79 Å². The van der Waals surface area contributed by atoms with Crippen LogP contribution in [-0.2, 0) is 4.74 Å². The molecule has 0 spiro atoms. The van der Waals surface area contributed by atoms with E-state index >= 15 is 0 Å². The largest absolute Gasteiger partial charge is 0.462 e. The molecule has 2 rings (SSSR count). The van der Waals surface area contributed by atoms with E-state index in [1.807, 2.05) is 0 Å². The van der Waals surface area contributed by atoms with Crippen LogP contribution < -0.4 is 10.6 Å². The molecule has 0 aliphatic heterocycles. The molecule has 0 aliphatic rings. The van der Waals surface area contributed by atoms with Gasteiger partial charge in [-0.3, -0.25) is 9.59 Å². The van der Waals surface area contributed by atoms with Gasteiger partial charge in [-0.1, -0.05) is 50.7 Å². The summed E-state index contributed by atoms with van der Waals surface area (Å²) in [4.78, 5) is 37.4. The van der Waals surface area contributed by atoms with E-state index in [9.17, 15) is 14.4 Å². The number of nitrogens with one attached hydrogen (secondary N) is 2. The fourth-order valence-electron chi connectivity index (χ4n) is 2.55. The standard InChI is InChI=1S/C19H18BrCl3N2O4S/c1-4-29-17(28)13-9(2)14(10(3)26)30-16(13)25-18(19(21,22)23)24-15(27)11-5-7-12(20)8-6-11/h5-8,18,25H,4H2,1-3H3,(H,24,27)/t18-/m0/s1. The van der Waals surface area contributed by atoms with Gasteiger partial charge in [-0.05, 0) is 50.6 Å². The lowest BCUT2D eigenvalue weighted by Gasteiger charge is -2.27. The van der Waals surface area contributed by atoms with Crippen molar-refractivity contribution in [2.75, 3.05) is 11.9 Å². The van der Waals surface area contributed by atoms with E-state index in [4.69, 9.17) is 39.5 Å². The number of halogens is 4. The van der Waals surface area contributed by atoms with Crippen molar-refractivity contribution in [3.05, 3.63) is 50.3 Å². The monoisotopic (exact) mass is 554 g/mol. The maximum Gasteiger partial charge on any atom is 0.341 e. The zero-order valence-corrected chi connectivity index (χ0v) is 20.8. The van der Waals surface area contributed by atoms with Gasteiger partial charge in [0.2, 0.25) is 3.79 Å². The average molecular weight is 557 g/mol. The van der Waals surface area contributed by atoms with Crippen molar-refractivity contribution in [2.45, 2.75) is 30.7 Å². The SMILES string of the molecule is CCOC(=O)c1c(N[C@H](NC(=O)c2ccc(Br)cc2)C(Cl)(Cl)Cl)sc(C(C)=O)c1C. The van der Waals surface area contributed by atoms with Gasteiger partial charge >= 0.3 is 5.97 Å². The summed E-state index contributed by atoms with van der Waals surface area (Å²) in [5.74, 6) is -1.34. The van der Waals surface area contributed by atoms with Crippen molar-refractivity contribution in [1.82, 2.24) is 5.32 Å². The lowest BCUT2D eigenvalue weighted by molar-refractivity contribution is 0.0527. The van der Waals surface area contributed by atoms with Crippen LogP contribution >= 0.6 is 62.1 Å². The Balaban J connectivity index is 2.40. The fourth-order valence-corrected chi connectivity index (χ4v) is 4.26. The first-order valence-corrected chi connectivity index (χ1v) is 11.4. The molecule has 0 saturated heterocycles. The number of ether oxygens (including phenoxy) is 1. The summed E-state index contributed by atoms with van der Waals surface area (Å²) in [5, 5.41) is 5.74. The molecule has 6 nitrogen and oxygen atoms in total. The minimum Gasteiger partial charge on any atom is -0.462 e. The van der Waals surface area contributed by atoms with Gasteiger partial charge in [0.1, 0.15) is 11.2 Å². The Labute approximate surface area is 201 Å². The Hall–Kier alpha value is -1.32. The second-order valence-electron chi connectivity index (χ2n) is 6.14. The molecule has 0 fully saturated rings. The van der Waals surface area contributed by atoms with Gasteiger partial charge in [0.05, 0.1) is 17.0 Å². The van der Waals surface area contributed by atoms with Crippen LogP contribution in [0.4, 0.5) is 5.00 Å². The number of alkyl halides is 3. The van der Waals surface area contributed by atoms with E-state index in [1.165, 1.54) is 6.92 Å².